The Bertz CT molecular complexity index is 698. The van der Waals surface area contributed by atoms with Crippen molar-refractivity contribution in [2.45, 2.75) is 110 Å². The van der Waals surface area contributed by atoms with Crippen LogP contribution < -0.4 is 0 Å². The predicted molar refractivity (Wildman–Crippen MR) is 228 cm³/mol. The van der Waals surface area contributed by atoms with Crippen molar-refractivity contribution in [1.29, 1.82) is 0 Å². The molecule has 57 heavy (non-hydrogen) atoms. The summed E-state index contributed by atoms with van der Waals surface area (Å²) in [6, 6.07) is 0. The van der Waals surface area contributed by atoms with Gasteiger partial charge in [-0.2, -0.15) is 0 Å². The maximum Gasteiger partial charge on any atom is 0.0701 e. The second kappa shape index (κ2) is 53.5. The van der Waals surface area contributed by atoms with Gasteiger partial charge in [0.15, 0.2) is 0 Å². The zero-order valence-corrected chi connectivity index (χ0v) is 37.3. The fraction of sp³-hybridized carbons (Fsp3) is 1.00. The molecule has 0 aliphatic carbocycles. The van der Waals surface area contributed by atoms with Crippen molar-refractivity contribution in [2.75, 3.05) is 179 Å². The van der Waals surface area contributed by atoms with Crippen LogP contribution in [-0.2, 0) is 56.8 Å². The van der Waals surface area contributed by atoms with Gasteiger partial charge in [0.05, 0.1) is 152 Å². The van der Waals surface area contributed by atoms with Crippen LogP contribution in [-0.4, -0.2) is 184 Å². The van der Waals surface area contributed by atoms with Gasteiger partial charge in [0.2, 0.25) is 0 Å². The highest BCUT2D eigenvalue weighted by atomic mass is 16.6. The van der Waals surface area contributed by atoms with E-state index in [1.54, 1.807) is 0 Å². The second-order valence-corrected chi connectivity index (χ2v) is 14.5. The van der Waals surface area contributed by atoms with E-state index in [9.17, 15) is 0 Å². The Kier molecular flexibility index (Phi) is 53.0. The van der Waals surface area contributed by atoms with Gasteiger partial charge >= 0.3 is 0 Å². The van der Waals surface area contributed by atoms with Gasteiger partial charge in [-0.3, -0.25) is 0 Å². The van der Waals surface area contributed by atoms with Gasteiger partial charge in [-0.1, -0.05) is 103 Å². The quantitative estimate of drug-likeness (QED) is 0.0587. The van der Waals surface area contributed by atoms with E-state index in [0.717, 1.165) is 26.2 Å². The number of hydrogen-bond donors (Lipinski definition) is 0. The number of likely N-dealkylation sites (N-methyl/N-ethyl adjacent to an activating group) is 1. The van der Waals surface area contributed by atoms with E-state index in [1.807, 2.05) is 14.1 Å². The van der Waals surface area contributed by atoms with E-state index in [1.165, 1.54) is 96.3 Å². The molecule has 0 amide bonds. The third-order valence-electron chi connectivity index (χ3n) is 8.92. The van der Waals surface area contributed by atoms with E-state index in [2.05, 4.69) is 11.8 Å². The summed E-state index contributed by atoms with van der Waals surface area (Å²) < 4.78 is 66.3. The number of unbranched alkanes of at least 4 members (excludes halogenated alkanes) is 15. The molecular formula is C44H91NO12. The lowest BCUT2D eigenvalue weighted by molar-refractivity contribution is -0.0284. The van der Waals surface area contributed by atoms with Crippen LogP contribution >= 0.6 is 0 Å². The molecule has 0 rings (SSSR count). The Balaban J connectivity index is 3.06. The van der Waals surface area contributed by atoms with Crippen LogP contribution in [0.5, 0.6) is 0 Å². The van der Waals surface area contributed by atoms with Gasteiger partial charge in [-0.15, -0.1) is 0 Å². The maximum absolute atomic E-state index is 5.70. The molecule has 0 N–H and O–H groups in total. The van der Waals surface area contributed by atoms with Crippen molar-refractivity contribution in [3.63, 3.8) is 0 Å². The molecule has 0 spiro atoms. The molecule has 0 fully saturated rings. The van der Waals surface area contributed by atoms with Gasteiger partial charge in [-0.25, -0.2) is 0 Å². The summed E-state index contributed by atoms with van der Waals surface area (Å²) in [4.78, 5) is 2.09. The fourth-order valence-electron chi connectivity index (χ4n) is 5.52. The molecule has 0 atom stereocenters. The molecule has 13 heteroatoms. The molecule has 0 aromatic heterocycles. The lowest BCUT2D eigenvalue weighted by Gasteiger charge is -2.10. The summed E-state index contributed by atoms with van der Waals surface area (Å²) in [6.45, 7) is 16.8. The van der Waals surface area contributed by atoms with Crippen LogP contribution in [0.15, 0.2) is 0 Å². The van der Waals surface area contributed by atoms with Gasteiger partial charge in [0.25, 0.3) is 0 Å². The van der Waals surface area contributed by atoms with Crippen LogP contribution in [0, 0.1) is 0 Å². The highest BCUT2D eigenvalue weighted by molar-refractivity contribution is 4.50. The predicted octanol–water partition coefficient (Wildman–Crippen LogP) is 7.01. The van der Waals surface area contributed by atoms with E-state index in [0.29, 0.717) is 145 Å². The highest BCUT2D eigenvalue weighted by Crippen LogP contribution is 2.13. The van der Waals surface area contributed by atoms with Crippen LogP contribution in [0.2, 0.25) is 0 Å². The molecule has 0 aromatic rings. The maximum atomic E-state index is 5.70. The van der Waals surface area contributed by atoms with Gasteiger partial charge in [0.1, 0.15) is 0 Å². The first-order chi connectivity index (χ1) is 28.3. The second-order valence-electron chi connectivity index (χ2n) is 14.5. The molecule has 0 aliphatic heterocycles. The third-order valence-corrected chi connectivity index (χ3v) is 8.92. The zero-order chi connectivity index (χ0) is 41.1. The summed E-state index contributed by atoms with van der Waals surface area (Å²) in [5, 5.41) is 0. The third kappa shape index (κ3) is 55.5. The van der Waals surface area contributed by atoms with Crippen LogP contribution in [0.1, 0.15) is 110 Å². The minimum Gasteiger partial charge on any atom is -0.379 e. The molecule has 0 bridgehead atoms. The van der Waals surface area contributed by atoms with Crippen molar-refractivity contribution in [1.82, 2.24) is 4.90 Å². The normalized spacial score (nSPS) is 11.8. The smallest absolute Gasteiger partial charge is 0.0701 e. The minimum atomic E-state index is 0.520. The molecule has 0 radical (unpaired) electrons. The SMILES string of the molecule is CCCCCCCCCCCCCCCCCCOCCOCCOCCOCCOCCOCCOCCOCCOCCOCCOCCOCCN(C)C. The molecule has 0 aromatic carbocycles. The van der Waals surface area contributed by atoms with E-state index < -0.39 is 0 Å². The van der Waals surface area contributed by atoms with E-state index in [4.69, 9.17) is 56.8 Å². The number of hydrogen-bond acceptors (Lipinski definition) is 13. The molecule has 344 valence electrons. The monoisotopic (exact) mass is 826 g/mol. The molecule has 13 nitrogen and oxygen atoms in total. The van der Waals surface area contributed by atoms with Gasteiger partial charge in [0, 0.05) is 13.2 Å². The van der Waals surface area contributed by atoms with Crippen LogP contribution in [0.4, 0.5) is 0 Å². The largest absolute Gasteiger partial charge is 0.379 e. The fourth-order valence-corrected chi connectivity index (χ4v) is 5.52. The first-order valence-corrected chi connectivity index (χ1v) is 22.8. The van der Waals surface area contributed by atoms with Crippen LogP contribution in [0.25, 0.3) is 0 Å². The zero-order valence-electron chi connectivity index (χ0n) is 37.3. The number of ether oxygens (including phenoxy) is 12. The van der Waals surface area contributed by atoms with Crippen molar-refractivity contribution in [2.24, 2.45) is 0 Å². The topological polar surface area (TPSA) is 114 Å². The van der Waals surface area contributed by atoms with E-state index in [-0.39, 0.29) is 0 Å². The molecule has 0 aliphatic rings. The highest BCUT2D eigenvalue weighted by Gasteiger charge is 1.99. The lowest BCUT2D eigenvalue weighted by Crippen LogP contribution is -2.19. The summed E-state index contributed by atoms with van der Waals surface area (Å²) in [5.41, 5.74) is 0. The summed E-state index contributed by atoms with van der Waals surface area (Å²) in [5.74, 6) is 0. The summed E-state index contributed by atoms with van der Waals surface area (Å²) in [6.07, 6.45) is 22.2. The molecule has 0 saturated heterocycles. The molecule has 0 saturated carbocycles. The standard InChI is InChI=1S/C44H91NO12/c1-4-5-6-7-8-9-10-11-12-13-14-15-16-17-18-19-21-46-23-25-48-27-29-50-31-33-52-35-37-54-39-41-56-43-44-57-42-40-55-38-36-53-34-32-51-30-28-49-26-24-47-22-20-45(2)3/h4-44H2,1-3H3. The minimum absolute atomic E-state index is 0.520. The molecule has 0 heterocycles. The van der Waals surface area contributed by atoms with Crippen LogP contribution in [0.3, 0.4) is 0 Å². The van der Waals surface area contributed by atoms with Crippen molar-refractivity contribution < 1.29 is 56.8 Å². The summed E-state index contributed by atoms with van der Waals surface area (Å²) >= 11 is 0. The average Bonchev–Trinajstić information content (AvgIpc) is 3.21. The van der Waals surface area contributed by atoms with Gasteiger partial charge < -0.3 is 61.7 Å². The Hall–Kier alpha value is -0.520. The molecular weight excluding hydrogens is 734 g/mol. The van der Waals surface area contributed by atoms with Crippen molar-refractivity contribution in [3.8, 4) is 0 Å². The summed E-state index contributed by atoms with van der Waals surface area (Å²) in [7, 11) is 4.05. The number of rotatable bonds is 53. The van der Waals surface area contributed by atoms with Gasteiger partial charge in [-0.05, 0) is 20.5 Å². The van der Waals surface area contributed by atoms with Crippen molar-refractivity contribution in [3.05, 3.63) is 0 Å². The Morgan fingerprint density at radius 2 is 0.386 bits per heavy atom. The first-order valence-electron chi connectivity index (χ1n) is 22.8. The molecule has 0 unspecified atom stereocenters. The first kappa shape index (κ1) is 56.5. The Morgan fingerprint density at radius 3 is 0.596 bits per heavy atom. The van der Waals surface area contributed by atoms with E-state index >= 15 is 0 Å². The average molecular weight is 826 g/mol. The van der Waals surface area contributed by atoms with Crippen molar-refractivity contribution >= 4 is 0 Å². The number of nitrogens with zero attached hydrogens (tertiary/aromatic N) is 1. The lowest BCUT2D eigenvalue weighted by atomic mass is 10.0. The Morgan fingerprint density at radius 1 is 0.211 bits per heavy atom. The Labute approximate surface area is 350 Å².